The minimum absolute atomic E-state index is 0.184. The third-order valence-corrected chi connectivity index (χ3v) is 4.51. The van der Waals surface area contributed by atoms with Crippen molar-refractivity contribution in [3.63, 3.8) is 0 Å². The van der Waals surface area contributed by atoms with Crippen molar-refractivity contribution in [2.45, 2.75) is 10.9 Å². The molecule has 0 fully saturated rings. The summed E-state index contributed by atoms with van der Waals surface area (Å²) in [5.74, 6) is 0.506. The van der Waals surface area contributed by atoms with Gasteiger partial charge in [-0.2, -0.15) is 0 Å². The highest BCUT2D eigenvalue weighted by Gasteiger charge is 2.34. The molecule has 1 atom stereocenters. The van der Waals surface area contributed by atoms with Gasteiger partial charge in [0.1, 0.15) is 18.1 Å². The van der Waals surface area contributed by atoms with Gasteiger partial charge >= 0.3 is 0 Å². The van der Waals surface area contributed by atoms with Gasteiger partial charge in [-0.3, -0.25) is 9.10 Å². The summed E-state index contributed by atoms with van der Waals surface area (Å²) in [6, 6.07) is 13.9. The van der Waals surface area contributed by atoms with Crippen molar-refractivity contribution in [1.29, 1.82) is 0 Å². The average molecular weight is 299 g/mol. The van der Waals surface area contributed by atoms with E-state index in [1.165, 1.54) is 16.3 Å². The van der Waals surface area contributed by atoms with Crippen LogP contribution in [0.3, 0.4) is 0 Å². The van der Waals surface area contributed by atoms with Crippen LogP contribution in [-0.2, 0) is 4.79 Å². The van der Waals surface area contributed by atoms with Crippen LogP contribution in [0.2, 0.25) is 0 Å². The standard InChI is InChI=1S/C16H13NO3S/c1-20-12-8-6-11(7-9-12)16(19)17-14(10-18)13-4-2-3-5-15(13)21-17/h2-10,14H,1H3. The van der Waals surface area contributed by atoms with Gasteiger partial charge in [-0.1, -0.05) is 18.2 Å². The quantitative estimate of drug-likeness (QED) is 0.645. The van der Waals surface area contributed by atoms with E-state index >= 15 is 0 Å². The fourth-order valence-corrected chi connectivity index (χ4v) is 3.36. The van der Waals surface area contributed by atoms with Crippen LogP contribution in [0.1, 0.15) is 22.0 Å². The number of hydrogen-bond acceptors (Lipinski definition) is 4. The fourth-order valence-electron chi connectivity index (χ4n) is 2.25. The monoisotopic (exact) mass is 299 g/mol. The molecule has 0 N–H and O–H groups in total. The summed E-state index contributed by atoms with van der Waals surface area (Å²) in [6.45, 7) is 0. The lowest BCUT2D eigenvalue weighted by atomic mass is 10.1. The fraction of sp³-hybridized carbons (Fsp3) is 0.125. The van der Waals surface area contributed by atoms with Gasteiger partial charge < -0.3 is 9.53 Å². The highest BCUT2D eigenvalue weighted by atomic mass is 32.2. The molecule has 1 aliphatic rings. The van der Waals surface area contributed by atoms with Gasteiger partial charge in [0.2, 0.25) is 0 Å². The topological polar surface area (TPSA) is 46.6 Å². The molecule has 1 amide bonds. The van der Waals surface area contributed by atoms with Crippen LogP contribution in [0, 0.1) is 0 Å². The highest BCUT2D eigenvalue weighted by molar-refractivity contribution is 7.98. The second-order valence-corrected chi connectivity index (χ2v) is 5.59. The zero-order chi connectivity index (χ0) is 14.8. The molecule has 0 bridgehead atoms. The normalized spacial score (nSPS) is 16.4. The number of carbonyl (C=O) groups excluding carboxylic acids is 2. The third kappa shape index (κ3) is 2.40. The molecule has 1 aliphatic heterocycles. The molecule has 21 heavy (non-hydrogen) atoms. The number of benzene rings is 2. The van der Waals surface area contributed by atoms with Crippen molar-refractivity contribution >= 4 is 24.1 Å². The predicted octanol–water partition coefficient (Wildman–Crippen LogP) is 3.10. The molecule has 1 unspecified atom stereocenters. The maximum atomic E-state index is 12.6. The van der Waals surface area contributed by atoms with Crippen LogP contribution in [0.25, 0.3) is 0 Å². The molecule has 1 heterocycles. The number of fused-ring (bicyclic) bond motifs is 1. The van der Waals surface area contributed by atoms with Crippen molar-refractivity contribution in [3.8, 4) is 5.75 Å². The Morgan fingerprint density at radius 3 is 2.57 bits per heavy atom. The van der Waals surface area contributed by atoms with Crippen LogP contribution in [0.5, 0.6) is 5.75 Å². The number of carbonyl (C=O) groups is 2. The first-order valence-electron chi connectivity index (χ1n) is 6.44. The van der Waals surface area contributed by atoms with E-state index < -0.39 is 6.04 Å². The number of nitrogens with zero attached hydrogens (tertiary/aromatic N) is 1. The molecule has 5 heteroatoms. The predicted molar refractivity (Wildman–Crippen MR) is 80.3 cm³/mol. The number of rotatable bonds is 3. The Kier molecular flexibility index (Phi) is 3.66. The van der Waals surface area contributed by atoms with E-state index in [2.05, 4.69) is 0 Å². The molecule has 0 saturated carbocycles. The van der Waals surface area contributed by atoms with Crippen LogP contribution in [0.15, 0.2) is 53.4 Å². The Hall–Kier alpha value is -2.27. The van der Waals surface area contributed by atoms with Crippen LogP contribution in [0.4, 0.5) is 0 Å². The first kappa shape index (κ1) is 13.7. The molecular formula is C16H13NO3S. The van der Waals surface area contributed by atoms with E-state index in [0.717, 1.165) is 16.7 Å². The molecule has 3 rings (SSSR count). The number of hydrogen-bond donors (Lipinski definition) is 0. The van der Waals surface area contributed by atoms with Gasteiger partial charge in [0, 0.05) is 10.5 Å². The lowest BCUT2D eigenvalue weighted by molar-refractivity contribution is -0.110. The Morgan fingerprint density at radius 1 is 1.19 bits per heavy atom. The lowest BCUT2D eigenvalue weighted by Gasteiger charge is -2.19. The van der Waals surface area contributed by atoms with E-state index in [9.17, 15) is 9.59 Å². The number of aldehydes is 1. The summed E-state index contributed by atoms with van der Waals surface area (Å²) in [6.07, 6.45) is 0.806. The van der Waals surface area contributed by atoms with E-state index in [0.29, 0.717) is 11.3 Å². The summed E-state index contributed by atoms with van der Waals surface area (Å²) in [4.78, 5) is 24.9. The van der Waals surface area contributed by atoms with Gasteiger partial charge in [-0.15, -0.1) is 0 Å². The van der Waals surface area contributed by atoms with E-state index in [1.54, 1.807) is 31.4 Å². The number of amides is 1. The zero-order valence-electron chi connectivity index (χ0n) is 11.4. The smallest absolute Gasteiger partial charge is 0.264 e. The van der Waals surface area contributed by atoms with Gasteiger partial charge in [0.15, 0.2) is 0 Å². The van der Waals surface area contributed by atoms with Crippen LogP contribution < -0.4 is 4.74 Å². The van der Waals surface area contributed by atoms with Crippen molar-refractivity contribution in [2.24, 2.45) is 0 Å². The first-order valence-corrected chi connectivity index (χ1v) is 7.21. The van der Waals surface area contributed by atoms with Crippen molar-refractivity contribution < 1.29 is 14.3 Å². The summed E-state index contributed by atoms with van der Waals surface area (Å²) >= 11 is 1.30. The van der Waals surface area contributed by atoms with Gasteiger partial charge in [-0.25, -0.2) is 0 Å². The van der Waals surface area contributed by atoms with E-state index in [4.69, 9.17) is 4.74 Å². The van der Waals surface area contributed by atoms with Crippen molar-refractivity contribution in [1.82, 2.24) is 4.31 Å². The lowest BCUT2D eigenvalue weighted by Crippen LogP contribution is -2.26. The molecule has 0 saturated heterocycles. The molecule has 0 spiro atoms. The number of methoxy groups -OCH3 is 1. The molecule has 2 aromatic carbocycles. The number of ether oxygens (including phenoxy) is 1. The first-order chi connectivity index (χ1) is 10.2. The maximum absolute atomic E-state index is 12.6. The molecule has 0 radical (unpaired) electrons. The second-order valence-electron chi connectivity index (χ2n) is 4.57. The molecule has 4 nitrogen and oxygen atoms in total. The molecule has 0 aromatic heterocycles. The van der Waals surface area contributed by atoms with Gasteiger partial charge in [0.05, 0.1) is 7.11 Å². The molecule has 2 aromatic rings. The Balaban J connectivity index is 1.90. The zero-order valence-corrected chi connectivity index (χ0v) is 12.2. The Labute approximate surface area is 126 Å². The largest absolute Gasteiger partial charge is 0.497 e. The Morgan fingerprint density at radius 2 is 1.90 bits per heavy atom. The Bertz CT molecular complexity index is 684. The summed E-state index contributed by atoms with van der Waals surface area (Å²) in [7, 11) is 1.58. The summed E-state index contributed by atoms with van der Waals surface area (Å²) in [5.41, 5.74) is 1.40. The summed E-state index contributed by atoms with van der Waals surface area (Å²) < 4.78 is 6.59. The van der Waals surface area contributed by atoms with Crippen molar-refractivity contribution in [3.05, 3.63) is 59.7 Å². The summed E-state index contributed by atoms with van der Waals surface area (Å²) in [5, 5.41) is 0. The van der Waals surface area contributed by atoms with Crippen molar-refractivity contribution in [2.75, 3.05) is 7.11 Å². The van der Waals surface area contributed by atoms with Crippen LogP contribution >= 0.6 is 11.9 Å². The molecule has 106 valence electrons. The third-order valence-electron chi connectivity index (χ3n) is 3.35. The van der Waals surface area contributed by atoms with Gasteiger partial charge in [0.25, 0.3) is 5.91 Å². The van der Waals surface area contributed by atoms with E-state index in [1.807, 2.05) is 24.3 Å². The highest BCUT2D eigenvalue weighted by Crippen LogP contribution is 2.43. The van der Waals surface area contributed by atoms with Crippen LogP contribution in [-0.4, -0.2) is 23.6 Å². The van der Waals surface area contributed by atoms with E-state index in [-0.39, 0.29) is 5.91 Å². The second kappa shape index (κ2) is 5.61. The molecular weight excluding hydrogens is 286 g/mol. The minimum Gasteiger partial charge on any atom is -0.497 e. The average Bonchev–Trinajstić information content (AvgIpc) is 2.92. The SMILES string of the molecule is COc1ccc(C(=O)N2Sc3ccccc3C2C=O)cc1. The maximum Gasteiger partial charge on any atom is 0.264 e. The van der Waals surface area contributed by atoms with Gasteiger partial charge in [-0.05, 0) is 47.8 Å². The minimum atomic E-state index is -0.541. The molecule has 0 aliphatic carbocycles.